The van der Waals surface area contributed by atoms with Crippen LogP contribution in [0.5, 0.6) is 5.75 Å². The first kappa shape index (κ1) is 12.4. The highest BCUT2D eigenvalue weighted by molar-refractivity contribution is 5.65. The summed E-state index contributed by atoms with van der Waals surface area (Å²) in [6, 6.07) is 6.97. The number of halogens is 3. The van der Waals surface area contributed by atoms with Gasteiger partial charge in [0.25, 0.3) is 0 Å². The lowest BCUT2D eigenvalue weighted by Gasteiger charge is -2.11. The van der Waals surface area contributed by atoms with Crippen molar-refractivity contribution < 1.29 is 17.9 Å². The molecule has 1 heterocycles. The zero-order chi connectivity index (χ0) is 13.2. The van der Waals surface area contributed by atoms with E-state index in [4.69, 9.17) is 4.74 Å². The predicted molar refractivity (Wildman–Crippen MR) is 61.2 cm³/mol. The Morgan fingerprint density at radius 2 is 1.89 bits per heavy atom. The molecule has 1 aromatic heterocycles. The maximum absolute atomic E-state index is 12.7. The Balaban J connectivity index is 2.55. The average molecular weight is 253 g/mol. The van der Waals surface area contributed by atoms with Gasteiger partial charge in [0.1, 0.15) is 5.75 Å². The molecule has 0 spiro atoms. The minimum absolute atomic E-state index is 0.170. The Morgan fingerprint density at radius 1 is 1.11 bits per heavy atom. The average Bonchev–Trinajstić information content (AvgIpc) is 2.38. The van der Waals surface area contributed by atoms with Crippen LogP contribution in [0, 0.1) is 0 Å². The number of nitrogens with zero attached hydrogens (tertiary/aromatic N) is 1. The molecule has 0 unspecified atom stereocenters. The molecule has 0 aliphatic rings. The van der Waals surface area contributed by atoms with Crippen molar-refractivity contribution in [3.63, 3.8) is 0 Å². The number of rotatable bonds is 2. The lowest BCUT2D eigenvalue weighted by molar-refractivity contribution is -0.137. The second-order valence-electron chi connectivity index (χ2n) is 3.69. The Bertz CT molecular complexity index is 538. The first-order chi connectivity index (χ1) is 8.50. The van der Waals surface area contributed by atoms with Crippen molar-refractivity contribution in [2.24, 2.45) is 0 Å². The van der Waals surface area contributed by atoms with Crippen LogP contribution in [0.25, 0.3) is 11.1 Å². The third-order valence-corrected chi connectivity index (χ3v) is 2.46. The van der Waals surface area contributed by atoms with Gasteiger partial charge >= 0.3 is 6.18 Å². The maximum Gasteiger partial charge on any atom is 0.416 e. The van der Waals surface area contributed by atoms with Gasteiger partial charge in [0.05, 0.1) is 12.7 Å². The summed E-state index contributed by atoms with van der Waals surface area (Å²) >= 11 is 0. The van der Waals surface area contributed by atoms with Gasteiger partial charge in [0, 0.05) is 18.0 Å². The number of aromatic nitrogens is 1. The van der Waals surface area contributed by atoms with Crippen molar-refractivity contribution in [2.45, 2.75) is 6.18 Å². The van der Waals surface area contributed by atoms with E-state index < -0.39 is 11.7 Å². The van der Waals surface area contributed by atoms with E-state index in [-0.39, 0.29) is 5.75 Å². The minimum atomic E-state index is -4.40. The first-order valence-electron chi connectivity index (χ1n) is 5.17. The van der Waals surface area contributed by atoms with Gasteiger partial charge in [-0.3, -0.25) is 4.98 Å². The fraction of sp³-hybridized carbons (Fsp3) is 0.154. The Kier molecular flexibility index (Phi) is 3.23. The SMILES string of the molecule is COc1cc(-c2cccnc2)cc(C(F)(F)F)c1. The summed E-state index contributed by atoms with van der Waals surface area (Å²) in [5, 5.41) is 0. The van der Waals surface area contributed by atoms with Crippen LogP contribution in [-0.4, -0.2) is 12.1 Å². The van der Waals surface area contributed by atoms with Crippen molar-refractivity contribution in [1.29, 1.82) is 0 Å². The molecule has 5 heteroatoms. The number of hydrogen-bond acceptors (Lipinski definition) is 2. The van der Waals surface area contributed by atoms with Crippen LogP contribution in [0.1, 0.15) is 5.56 Å². The van der Waals surface area contributed by atoms with Crippen molar-refractivity contribution in [1.82, 2.24) is 4.98 Å². The largest absolute Gasteiger partial charge is 0.497 e. The highest BCUT2D eigenvalue weighted by atomic mass is 19.4. The third kappa shape index (κ3) is 2.61. The van der Waals surface area contributed by atoms with E-state index >= 15 is 0 Å². The van der Waals surface area contributed by atoms with Gasteiger partial charge in [-0.2, -0.15) is 13.2 Å². The normalized spacial score (nSPS) is 11.3. The summed E-state index contributed by atoms with van der Waals surface area (Å²) in [6.45, 7) is 0. The van der Waals surface area contributed by atoms with E-state index in [1.54, 1.807) is 24.4 Å². The standard InChI is InChI=1S/C13H10F3NO/c1-18-12-6-10(9-3-2-4-17-8-9)5-11(7-12)13(14,15)16/h2-8H,1H3. The van der Waals surface area contributed by atoms with Crippen LogP contribution in [0.2, 0.25) is 0 Å². The summed E-state index contributed by atoms with van der Waals surface area (Å²) in [7, 11) is 1.34. The molecule has 0 radical (unpaired) electrons. The van der Waals surface area contributed by atoms with Gasteiger partial charge in [-0.15, -0.1) is 0 Å². The summed E-state index contributed by atoms with van der Waals surface area (Å²) in [5.74, 6) is 0.170. The topological polar surface area (TPSA) is 22.1 Å². The monoisotopic (exact) mass is 253 g/mol. The van der Waals surface area contributed by atoms with Crippen LogP contribution in [-0.2, 0) is 6.18 Å². The van der Waals surface area contributed by atoms with E-state index in [0.29, 0.717) is 11.1 Å². The van der Waals surface area contributed by atoms with Crippen molar-refractivity contribution in [2.75, 3.05) is 7.11 Å². The molecule has 0 saturated carbocycles. The minimum Gasteiger partial charge on any atom is -0.497 e. The van der Waals surface area contributed by atoms with Crippen LogP contribution >= 0.6 is 0 Å². The quantitative estimate of drug-likeness (QED) is 0.812. The number of ether oxygens (including phenoxy) is 1. The molecule has 18 heavy (non-hydrogen) atoms. The van der Waals surface area contributed by atoms with Crippen molar-refractivity contribution in [3.8, 4) is 16.9 Å². The number of pyridine rings is 1. The van der Waals surface area contributed by atoms with Crippen molar-refractivity contribution in [3.05, 3.63) is 48.3 Å². The van der Waals surface area contributed by atoms with Gasteiger partial charge in [-0.05, 0) is 29.8 Å². The molecule has 0 amide bonds. The van der Waals surface area contributed by atoms with Crippen molar-refractivity contribution >= 4 is 0 Å². The summed E-state index contributed by atoms with van der Waals surface area (Å²) in [6.07, 6.45) is -1.32. The molecule has 2 rings (SSSR count). The lowest BCUT2D eigenvalue weighted by atomic mass is 10.0. The highest BCUT2D eigenvalue weighted by Gasteiger charge is 2.31. The Hall–Kier alpha value is -2.04. The fourth-order valence-corrected chi connectivity index (χ4v) is 1.58. The Labute approximate surface area is 102 Å². The molecule has 0 N–H and O–H groups in total. The highest BCUT2D eigenvalue weighted by Crippen LogP contribution is 2.35. The second kappa shape index (κ2) is 4.68. The lowest BCUT2D eigenvalue weighted by Crippen LogP contribution is -2.05. The molecule has 0 atom stereocenters. The summed E-state index contributed by atoms with van der Waals surface area (Å²) in [5.41, 5.74) is 0.303. The van der Waals surface area contributed by atoms with E-state index in [1.807, 2.05) is 0 Å². The summed E-state index contributed by atoms with van der Waals surface area (Å²) in [4.78, 5) is 3.89. The van der Waals surface area contributed by atoms with Crippen LogP contribution in [0.4, 0.5) is 13.2 Å². The summed E-state index contributed by atoms with van der Waals surface area (Å²) < 4.78 is 43.1. The molecule has 94 valence electrons. The maximum atomic E-state index is 12.7. The zero-order valence-electron chi connectivity index (χ0n) is 9.53. The fourth-order valence-electron chi connectivity index (χ4n) is 1.58. The van der Waals surface area contributed by atoms with Gasteiger partial charge < -0.3 is 4.74 Å². The molecular formula is C13H10F3NO. The van der Waals surface area contributed by atoms with E-state index in [0.717, 1.165) is 12.1 Å². The van der Waals surface area contributed by atoms with E-state index in [9.17, 15) is 13.2 Å². The molecule has 0 aliphatic heterocycles. The molecule has 0 saturated heterocycles. The van der Waals surface area contributed by atoms with Crippen LogP contribution < -0.4 is 4.74 Å². The molecule has 2 nitrogen and oxygen atoms in total. The second-order valence-corrected chi connectivity index (χ2v) is 3.69. The van der Waals surface area contributed by atoms with E-state index in [1.165, 1.54) is 13.3 Å². The molecule has 0 aliphatic carbocycles. The van der Waals surface area contributed by atoms with Gasteiger partial charge in [-0.25, -0.2) is 0 Å². The Morgan fingerprint density at radius 3 is 2.44 bits per heavy atom. The molecule has 1 aromatic carbocycles. The van der Waals surface area contributed by atoms with Gasteiger partial charge in [0.15, 0.2) is 0 Å². The van der Waals surface area contributed by atoms with E-state index in [2.05, 4.69) is 4.98 Å². The first-order valence-corrected chi connectivity index (χ1v) is 5.17. The molecule has 0 bridgehead atoms. The van der Waals surface area contributed by atoms with Gasteiger partial charge in [0.2, 0.25) is 0 Å². The number of hydrogen-bond donors (Lipinski definition) is 0. The molecule has 2 aromatic rings. The predicted octanol–water partition coefficient (Wildman–Crippen LogP) is 3.78. The molecule has 0 fully saturated rings. The number of methoxy groups -OCH3 is 1. The van der Waals surface area contributed by atoms with Crippen LogP contribution in [0.15, 0.2) is 42.7 Å². The zero-order valence-corrected chi connectivity index (χ0v) is 9.53. The molecular weight excluding hydrogens is 243 g/mol. The number of alkyl halides is 3. The smallest absolute Gasteiger partial charge is 0.416 e. The van der Waals surface area contributed by atoms with Crippen LogP contribution in [0.3, 0.4) is 0 Å². The third-order valence-electron chi connectivity index (χ3n) is 2.46. The van der Waals surface area contributed by atoms with Gasteiger partial charge in [-0.1, -0.05) is 6.07 Å². The number of benzene rings is 1.